The van der Waals surface area contributed by atoms with Crippen molar-refractivity contribution in [3.05, 3.63) is 49.9 Å². The molecule has 4 nitrogen and oxygen atoms in total. The van der Waals surface area contributed by atoms with Crippen molar-refractivity contribution in [2.45, 2.75) is 32.9 Å². The smallest absolute Gasteiger partial charge is 0.286 e. The summed E-state index contributed by atoms with van der Waals surface area (Å²) in [5.41, 5.74) is 3.68. The van der Waals surface area contributed by atoms with Crippen LogP contribution in [0.25, 0.3) is 0 Å². The number of nitrogens with one attached hydrogen (secondary N) is 1. The van der Waals surface area contributed by atoms with Crippen molar-refractivity contribution in [2.75, 3.05) is 6.54 Å². The van der Waals surface area contributed by atoms with Crippen molar-refractivity contribution in [2.24, 2.45) is 0 Å². The Kier molecular flexibility index (Phi) is 6.41. The summed E-state index contributed by atoms with van der Waals surface area (Å²) in [5, 5.41) is 13.6. The van der Waals surface area contributed by atoms with Gasteiger partial charge in [-0.25, -0.2) is 0 Å². The quantitative estimate of drug-likeness (QED) is 0.764. The Balaban J connectivity index is 1.87. The van der Waals surface area contributed by atoms with Crippen molar-refractivity contribution in [3.63, 3.8) is 0 Å². The van der Waals surface area contributed by atoms with Crippen molar-refractivity contribution < 1.29 is 14.5 Å². The third-order valence-corrected chi connectivity index (χ3v) is 5.64. The van der Waals surface area contributed by atoms with Gasteiger partial charge >= 0.3 is 0 Å². The Labute approximate surface area is 149 Å². The predicted octanol–water partition coefficient (Wildman–Crippen LogP) is 3.06. The van der Waals surface area contributed by atoms with Gasteiger partial charge in [0.25, 0.3) is 5.91 Å². The van der Waals surface area contributed by atoms with Gasteiger partial charge in [-0.1, -0.05) is 46.7 Å². The Hall–Kier alpha value is -1.14. The van der Waals surface area contributed by atoms with Crippen LogP contribution in [0.3, 0.4) is 0 Å². The van der Waals surface area contributed by atoms with E-state index in [4.69, 9.17) is 23.2 Å². The molecule has 0 fully saturated rings. The molecule has 1 aromatic carbocycles. The molecule has 0 aliphatic carbocycles. The molecule has 0 saturated carbocycles. The Morgan fingerprint density at radius 2 is 2.17 bits per heavy atom. The number of thiazole rings is 1. The van der Waals surface area contributed by atoms with Crippen LogP contribution >= 0.6 is 34.5 Å². The number of aromatic nitrogens is 1. The van der Waals surface area contributed by atoms with Gasteiger partial charge in [0.15, 0.2) is 5.69 Å². The van der Waals surface area contributed by atoms with Crippen molar-refractivity contribution in [3.8, 4) is 0 Å². The number of carbonyl (C=O) groups excluding carboxylic acids is 1. The molecule has 2 aromatic rings. The number of halogens is 2. The molecule has 1 amide bonds. The summed E-state index contributed by atoms with van der Waals surface area (Å²) >= 11 is 13.5. The summed E-state index contributed by atoms with van der Waals surface area (Å²) in [6, 6.07) is 5.47. The van der Waals surface area contributed by atoms with Crippen molar-refractivity contribution in [1.82, 2.24) is 5.32 Å². The highest BCUT2D eigenvalue weighted by molar-refractivity contribution is 7.09. The van der Waals surface area contributed by atoms with E-state index in [0.29, 0.717) is 23.0 Å². The molecule has 1 heterocycles. The lowest BCUT2D eigenvalue weighted by Crippen LogP contribution is -2.44. The number of aliphatic hydroxyl groups excluding tert-OH is 1. The lowest BCUT2D eigenvalue weighted by molar-refractivity contribution is -0.686. The number of amides is 1. The van der Waals surface area contributed by atoms with Gasteiger partial charge in [0, 0.05) is 13.5 Å². The molecule has 0 aliphatic heterocycles. The summed E-state index contributed by atoms with van der Waals surface area (Å²) in [4.78, 5) is 12.9. The van der Waals surface area contributed by atoms with Gasteiger partial charge in [-0.05, 0) is 25.0 Å². The van der Waals surface area contributed by atoms with E-state index in [1.165, 1.54) is 11.3 Å². The fourth-order valence-corrected chi connectivity index (χ4v) is 3.64. The fraction of sp³-hybridized carbons (Fsp3) is 0.375. The number of hydrogen-bond donors (Lipinski definition) is 2. The highest BCUT2D eigenvalue weighted by Crippen LogP contribution is 2.25. The summed E-state index contributed by atoms with van der Waals surface area (Å²) in [6.45, 7) is 4.35. The van der Waals surface area contributed by atoms with Crippen LogP contribution in [0.1, 0.15) is 29.2 Å². The van der Waals surface area contributed by atoms with Gasteiger partial charge in [-0.3, -0.25) is 4.79 Å². The lowest BCUT2D eigenvalue weighted by atomic mass is 10.1. The van der Waals surface area contributed by atoms with Crippen molar-refractivity contribution in [1.29, 1.82) is 0 Å². The van der Waals surface area contributed by atoms with E-state index >= 15 is 0 Å². The van der Waals surface area contributed by atoms with E-state index in [2.05, 4.69) is 5.32 Å². The molecule has 1 aromatic heterocycles. The summed E-state index contributed by atoms with van der Waals surface area (Å²) in [7, 11) is 0. The molecular formula is C16H19Cl2N2O2S+. The third-order valence-electron chi connectivity index (χ3n) is 3.54. The molecular weight excluding hydrogens is 355 g/mol. The number of carbonyl (C=O) groups is 1. The van der Waals surface area contributed by atoms with Crippen LogP contribution in [0.4, 0.5) is 0 Å². The highest BCUT2D eigenvalue weighted by Gasteiger charge is 2.20. The first kappa shape index (κ1) is 18.2. The highest BCUT2D eigenvalue weighted by atomic mass is 35.5. The molecule has 0 aliphatic rings. The maximum absolute atomic E-state index is 12.0. The molecule has 2 rings (SSSR count). The number of hydrogen-bond acceptors (Lipinski definition) is 3. The van der Waals surface area contributed by atoms with Gasteiger partial charge in [0.1, 0.15) is 4.88 Å². The third kappa shape index (κ3) is 4.67. The molecule has 1 unspecified atom stereocenters. The van der Waals surface area contributed by atoms with Crippen molar-refractivity contribution >= 4 is 40.4 Å². The van der Waals surface area contributed by atoms with E-state index in [-0.39, 0.29) is 12.5 Å². The second-order valence-corrected chi connectivity index (χ2v) is 6.96. The second kappa shape index (κ2) is 8.11. The van der Waals surface area contributed by atoms with E-state index < -0.39 is 6.10 Å². The fourth-order valence-electron chi connectivity index (χ4n) is 2.27. The number of rotatable bonds is 6. The second-order valence-electron chi connectivity index (χ2n) is 5.29. The molecule has 0 spiro atoms. The first-order valence-electron chi connectivity index (χ1n) is 7.25. The molecule has 2 N–H and O–H groups in total. The van der Waals surface area contributed by atoms with Crippen LogP contribution in [0.2, 0.25) is 10.0 Å². The number of benzene rings is 1. The Morgan fingerprint density at radius 3 is 2.83 bits per heavy atom. The summed E-state index contributed by atoms with van der Waals surface area (Å²) in [6.07, 6.45) is 0.103. The Bertz CT molecular complexity index is 701. The molecule has 1 atom stereocenters. The van der Waals surface area contributed by atoms with E-state index in [0.717, 1.165) is 16.1 Å². The van der Waals surface area contributed by atoms with Crippen LogP contribution in [0, 0.1) is 6.92 Å². The van der Waals surface area contributed by atoms with Gasteiger partial charge in [0.05, 0.1) is 16.1 Å². The Morgan fingerprint density at radius 1 is 1.43 bits per heavy atom. The number of aliphatic hydroxyl groups is 1. The normalized spacial score (nSPS) is 12.2. The van der Waals surface area contributed by atoms with Crippen LogP contribution in [-0.2, 0) is 17.8 Å². The van der Waals surface area contributed by atoms with Gasteiger partial charge in [-0.15, -0.1) is 0 Å². The SMILES string of the molecule is Cc1c(C(C)O)sc[n+]1CC(=O)NCCc1cccc(Cl)c1Cl. The van der Waals surface area contributed by atoms with Crippen LogP contribution < -0.4 is 9.88 Å². The topological polar surface area (TPSA) is 53.2 Å². The predicted molar refractivity (Wildman–Crippen MR) is 93.1 cm³/mol. The average Bonchev–Trinajstić information content (AvgIpc) is 2.85. The average molecular weight is 374 g/mol. The molecule has 124 valence electrons. The lowest BCUT2D eigenvalue weighted by Gasteiger charge is -2.06. The minimum atomic E-state index is -0.519. The van der Waals surface area contributed by atoms with Crippen LogP contribution in [0.5, 0.6) is 0 Å². The van der Waals surface area contributed by atoms with E-state index in [1.807, 2.05) is 29.1 Å². The molecule has 23 heavy (non-hydrogen) atoms. The van der Waals surface area contributed by atoms with Gasteiger partial charge < -0.3 is 10.4 Å². The van der Waals surface area contributed by atoms with E-state index in [1.54, 1.807) is 13.0 Å². The molecule has 0 bridgehead atoms. The zero-order valence-electron chi connectivity index (χ0n) is 13.0. The van der Waals surface area contributed by atoms with E-state index in [9.17, 15) is 9.90 Å². The summed E-state index contributed by atoms with van der Waals surface area (Å²) < 4.78 is 1.84. The molecule has 7 heteroatoms. The first-order valence-corrected chi connectivity index (χ1v) is 8.88. The van der Waals surface area contributed by atoms with Gasteiger partial charge in [0.2, 0.25) is 12.1 Å². The minimum Gasteiger partial charge on any atom is -0.388 e. The maximum Gasteiger partial charge on any atom is 0.286 e. The minimum absolute atomic E-state index is 0.0776. The zero-order valence-corrected chi connectivity index (χ0v) is 15.3. The number of nitrogens with zero attached hydrogens (tertiary/aromatic N) is 1. The largest absolute Gasteiger partial charge is 0.388 e. The molecule has 0 radical (unpaired) electrons. The van der Waals surface area contributed by atoms with Gasteiger partial charge in [-0.2, -0.15) is 4.57 Å². The standard InChI is InChI=1S/C16H18Cl2N2O2S/c1-10-16(11(2)21)23-9-20(10)8-14(22)19-7-6-12-4-3-5-13(17)15(12)18/h3-5,9,11,21H,6-8H2,1-2H3/p+1. The monoisotopic (exact) mass is 373 g/mol. The van der Waals surface area contributed by atoms with Crippen LogP contribution in [0.15, 0.2) is 23.7 Å². The van der Waals surface area contributed by atoms with Crippen LogP contribution in [-0.4, -0.2) is 17.6 Å². The zero-order chi connectivity index (χ0) is 17.0. The molecule has 0 saturated heterocycles. The first-order chi connectivity index (χ1) is 10.9. The summed E-state index contributed by atoms with van der Waals surface area (Å²) in [5.74, 6) is -0.0776. The maximum atomic E-state index is 12.0.